The Balaban J connectivity index is 1.73. The summed E-state index contributed by atoms with van der Waals surface area (Å²) in [7, 11) is 0. The molecule has 1 aromatic heterocycles. The number of rotatable bonds is 8. The van der Waals surface area contributed by atoms with Crippen LogP contribution in [0.15, 0.2) is 36.5 Å². The number of nitrogens with one attached hydrogen (secondary N) is 1. The third-order valence-electron chi connectivity index (χ3n) is 5.09. The molecule has 27 heavy (non-hydrogen) atoms. The number of fused-ring (bicyclic) bond motifs is 1. The van der Waals surface area contributed by atoms with Crippen LogP contribution in [-0.4, -0.2) is 35.0 Å². The van der Waals surface area contributed by atoms with Crippen molar-refractivity contribution in [2.24, 2.45) is 0 Å². The lowest BCUT2D eigenvalue weighted by Gasteiger charge is -2.37. The van der Waals surface area contributed by atoms with Gasteiger partial charge in [0.15, 0.2) is 0 Å². The van der Waals surface area contributed by atoms with Crippen LogP contribution in [0.3, 0.4) is 0 Å². The van der Waals surface area contributed by atoms with Crippen LogP contribution in [0.5, 0.6) is 0 Å². The fourth-order valence-corrected chi connectivity index (χ4v) is 3.70. The molecule has 1 aliphatic rings. The Hall–Kier alpha value is -2.21. The first-order valence-corrected chi connectivity index (χ1v) is 9.71. The van der Waals surface area contributed by atoms with Gasteiger partial charge in [-0.25, -0.2) is 8.78 Å². The number of carbonyl (C=O) groups is 1. The fourth-order valence-electron chi connectivity index (χ4n) is 3.70. The van der Waals surface area contributed by atoms with Crippen molar-refractivity contribution in [2.45, 2.75) is 45.2 Å². The van der Waals surface area contributed by atoms with Gasteiger partial charge in [-0.1, -0.05) is 32.3 Å². The van der Waals surface area contributed by atoms with Crippen LogP contribution in [0, 0.1) is 11.6 Å². The molecular formula is C21H27F2N3O. The molecule has 0 bridgehead atoms. The zero-order valence-corrected chi connectivity index (χ0v) is 15.8. The molecule has 2 aromatic rings. The quantitative estimate of drug-likeness (QED) is 0.711. The molecule has 1 atom stereocenters. The largest absolute Gasteiger partial charge is 0.355 e. The molecule has 0 saturated heterocycles. The maximum atomic E-state index is 14.5. The summed E-state index contributed by atoms with van der Waals surface area (Å²) in [6.45, 7) is 4.39. The molecule has 1 aromatic carbocycles. The van der Waals surface area contributed by atoms with Crippen molar-refractivity contribution >= 4 is 5.91 Å². The number of benzene rings is 1. The fraction of sp³-hybridized carbons (Fsp3) is 0.476. The number of halogens is 2. The first-order valence-electron chi connectivity index (χ1n) is 9.71. The molecule has 3 rings (SSSR count). The normalized spacial score (nSPS) is 16.9. The van der Waals surface area contributed by atoms with Crippen LogP contribution in [0.25, 0.3) is 0 Å². The van der Waals surface area contributed by atoms with Crippen LogP contribution in [0.4, 0.5) is 8.78 Å². The molecule has 6 heteroatoms. The molecule has 0 saturated carbocycles. The number of aromatic nitrogens is 1. The Morgan fingerprint density at radius 1 is 1.19 bits per heavy atom. The van der Waals surface area contributed by atoms with Gasteiger partial charge in [0.1, 0.15) is 11.6 Å². The second-order valence-electron chi connectivity index (χ2n) is 7.08. The summed E-state index contributed by atoms with van der Waals surface area (Å²) >= 11 is 0. The molecule has 146 valence electrons. The lowest BCUT2D eigenvalue weighted by Crippen LogP contribution is -2.44. The van der Waals surface area contributed by atoms with Crippen molar-refractivity contribution in [3.05, 3.63) is 59.4 Å². The summed E-state index contributed by atoms with van der Waals surface area (Å²) in [6, 6.07) is 7.10. The zero-order valence-electron chi connectivity index (χ0n) is 15.8. The van der Waals surface area contributed by atoms with Gasteiger partial charge in [0.2, 0.25) is 5.91 Å². The molecule has 0 radical (unpaired) electrons. The number of hydrogen-bond acceptors (Lipinski definition) is 2. The highest BCUT2D eigenvalue weighted by Gasteiger charge is 2.31. The van der Waals surface area contributed by atoms with E-state index < -0.39 is 17.7 Å². The maximum Gasteiger partial charge on any atom is 0.234 e. The first-order chi connectivity index (χ1) is 13.1. The lowest BCUT2D eigenvalue weighted by molar-refractivity contribution is -0.122. The van der Waals surface area contributed by atoms with Crippen LogP contribution < -0.4 is 5.32 Å². The number of carbonyl (C=O) groups excluding carboxylic acids is 1. The maximum absolute atomic E-state index is 14.5. The van der Waals surface area contributed by atoms with Gasteiger partial charge in [-0.15, -0.1) is 0 Å². The summed E-state index contributed by atoms with van der Waals surface area (Å²) in [4.78, 5) is 14.4. The smallest absolute Gasteiger partial charge is 0.234 e. The summed E-state index contributed by atoms with van der Waals surface area (Å²) in [5.74, 6) is -1.24. The SMILES string of the molecule is CCCCCCNC(=O)CN1CCn2cccc2C1c1ccc(F)cc1F. The Kier molecular flexibility index (Phi) is 6.61. The van der Waals surface area contributed by atoms with Gasteiger partial charge in [-0.3, -0.25) is 9.69 Å². The Morgan fingerprint density at radius 3 is 2.81 bits per heavy atom. The number of amides is 1. The van der Waals surface area contributed by atoms with Gasteiger partial charge < -0.3 is 9.88 Å². The van der Waals surface area contributed by atoms with E-state index in [2.05, 4.69) is 16.8 Å². The molecular weight excluding hydrogens is 348 g/mol. The van der Waals surface area contributed by atoms with Crippen LogP contribution in [-0.2, 0) is 11.3 Å². The molecule has 4 nitrogen and oxygen atoms in total. The van der Waals surface area contributed by atoms with E-state index >= 15 is 0 Å². The second-order valence-corrected chi connectivity index (χ2v) is 7.08. The molecule has 1 amide bonds. The third kappa shape index (κ3) is 4.75. The van der Waals surface area contributed by atoms with Crippen molar-refractivity contribution in [1.29, 1.82) is 0 Å². The molecule has 1 unspecified atom stereocenters. The topological polar surface area (TPSA) is 37.3 Å². The monoisotopic (exact) mass is 375 g/mol. The van der Waals surface area contributed by atoms with E-state index in [1.807, 2.05) is 23.2 Å². The van der Waals surface area contributed by atoms with E-state index in [1.54, 1.807) is 0 Å². The summed E-state index contributed by atoms with van der Waals surface area (Å²) in [5, 5.41) is 2.96. The van der Waals surface area contributed by atoms with E-state index in [9.17, 15) is 13.6 Å². The van der Waals surface area contributed by atoms with E-state index in [1.165, 1.54) is 18.6 Å². The van der Waals surface area contributed by atoms with Gasteiger partial charge in [0.05, 0.1) is 12.6 Å². The molecule has 1 aliphatic heterocycles. The Labute approximate surface area is 159 Å². The Bertz CT molecular complexity index is 775. The Morgan fingerprint density at radius 2 is 2.04 bits per heavy atom. The van der Waals surface area contributed by atoms with Gasteiger partial charge in [0, 0.05) is 43.2 Å². The van der Waals surface area contributed by atoms with Gasteiger partial charge in [-0.05, 0) is 24.6 Å². The van der Waals surface area contributed by atoms with E-state index in [0.717, 1.165) is 37.6 Å². The molecule has 1 N–H and O–H groups in total. The van der Waals surface area contributed by atoms with Crippen molar-refractivity contribution in [3.8, 4) is 0 Å². The highest BCUT2D eigenvalue weighted by molar-refractivity contribution is 5.78. The lowest BCUT2D eigenvalue weighted by atomic mass is 9.99. The average molecular weight is 375 g/mol. The summed E-state index contributed by atoms with van der Waals surface area (Å²) in [6.07, 6.45) is 6.36. The standard InChI is InChI=1S/C21H27F2N3O/c1-2-3-4-5-10-24-20(27)15-26-13-12-25-11-6-7-19(25)21(26)17-9-8-16(22)14-18(17)23/h6-9,11,14,21H,2-5,10,12-13,15H2,1H3,(H,24,27). The van der Waals surface area contributed by atoms with E-state index in [0.29, 0.717) is 18.7 Å². The zero-order chi connectivity index (χ0) is 19.2. The van der Waals surface area contributed by atoms with Gasteiger partial charge >= 0.3 is 0 Å². The minimum absolute atomic E-state index is 0.0565. The molecule has 0 fully saturated rings. The molecule has 0 spiro atoms. The van der Waals surface area contributed by atoms with Crippen molar-refractivity contribution in [2.75, 3.05) is 19.6 Å². The number of unbranched alkanes of at least 4 members (excludes halogenated alkanes) is 3. The number of nitrogens with zero attached hydrogens (tertiary/aromatic N) is 2. The predicted octanol–water partition coefficient (Wildman–Crippen LogP) is 3.87. The first kappa shape index (κ1) is 19.5. The van der Waals surface area contributed by atoms with E-state index in [4.69, 9.17) is 0 Å². The highest BCUT2D eigenvalue weighted by Crippen LogP contribution is 2.33. The average Bonchev–Trinajstić information content (AvgIpc) is 3.11. The summed E-state index contributed by atoms with van der Waals surface area (Å²) < 4.78 is 29.9. The van der Waals surface area contributed by atoms with Crippen LogP contribution in [0.2, 0.25) is 0 Å². The van der Waals surface area contributed by atoms with Crippen LogP contribution >= 0.6 is 0 Å². The predicted molar refractivity (Wildman–Crippen MR) is 101 cm³/mol. The minimum Gasteiger partial charge on any atom is -0.355 e. The van der Waals surface area contributed by atoms with Gasteiger partial charge in [-0.2, -0.15) is 0 Å². The van der Waals surface area contributed by atoms with Crippen molar-refractivity contribution < 1.29 is 13.6 Å². The van der Waals surface area contributed by atoms with Crippen molar-refractivity contribution in [3.63, 3.8) is 0 Å². The van der Waals surface area contributed by atoms with Gasteiger partial charge in [0.25, 0.3) is 0 Å². The molecule has 0 aliphatic carbocycles. The molecule has 2 heterocycles. The van der Waals surface area contributed by atoms with Crippen molar-refractivity contribution in [1.82, 2.24) is 14.8 Å². The number of hydrogen-bond donors (Lipinski definition) is 1. The second kappa shape index (κ2) is 9.13. The van der Waals surface area contributed by atoms with E-state index in [-0.39, 0.29) is 12.5 Å². The minimum atomic E-state index is -0.598. The third-order valence-corrected chi connectivity index (χ3v) is 5.09. The van der Waals surface area contributed by atoms with Crippen LogP contribution in [0.1, 0.15) is 49.9 Å². The summed E-state index contributed by atoms with van der Waals surface area (Å²) in [5.41, 5.74) is 1.31. The highest BCUT2D eigenvalue weighted by atomic mass is 19.1.